The molecule has 6 nitrogen and oxygen atoms in total. The Morgan fingerprint density at radius 1 is 0.800 bits per heavy atom. The van der Waals surface area contributed by atoms with Crippen LogP contribution in [0.3, 0.4) is 0 Å². The zero-order valence-corrected chi connectivity index (χ0v) is 17.2. The van der Waals surface area contributed by atoms with Crippen molar-refractivity contribution in [3.8, 4) is 11.5 Å². The third-order valence-corrected chi connectivity index (χ3v) is 4.83. The Bertz CT molecular complexity index is 1170. The minimum absolute atomic E-state index is 0.109. The summed E-state index contributed by atoms with van der Waals surface area (Å²) >= 11 is 3.37. The number of esters is 1. The molecule has 30 heavy (non-hydrogen) atoms. The lowest BCUT2D eigenvalue weighted by Gasteiger charge is -2.04. The molecular formula is C23H15BrN2O4. The number of carbonyl (C=O) groups is 2. The van der Waals surface area contributed by atoms with E-state index in [0.717, 1.165) is 10.0 Å². The maximum absolute atomic E-state index is 12.4. The highest BCUT2D eigenvalue weighted by Gasteiger charge is 2.14. The number of ether oxygens (including phenoxy) is 1. The monoisotopic (exact) mass is 462 g/mol. The average molecular weight is 463 g/mol. The maximum atomic E-state index is 12.4. The number of halogens is 1. The fourth-order valence-corrected chi connectivity index (χ4v) is 3.01. The summed E-state index contributed by atoms with van der Waals surface area (Å²) < 4.78 is 11.7. The van der Waals surface area contributed by atoms with Gasteiger partial charge in [0.2, 0.25) is 5.89 Å². The quantitative estimate of drug-likeness (QED) is 0.293. The third kappa shape index (κ3) is 4.52. The first-order chi connectivity index (χ1) is 14.6. The highest BCUT2D eigenvalue weighted by Crippen LogP contribution is 2.21. The highest BCUT2D eigenvalue weighted by molar-refractivity contribution is 9.10. The van der Waals surface area contributed by atoms with E-state index in [1.807, 2.05) is 30.3 Å². The van der Waals surface area contributed by atoms with Crippen molar-refractivity contribution in [3.05, 3.63) is 106 Å². The topological polar surface area (TPSA) is 82.3 Å². The van der Waals surface area contributed by atoms with Gasteiger partial charge in [-0.25, -0.2) is 4.79 Å². The molecule has 1 heterocycles. The molecule has 4 aromatic rings. The van der Waals surface area contributed by atoms with Crippen LogP contribution < -0.4 is 0 Å². The van der Waals surface area contributed by atoms with Crippen molar-refractivity contribution in [2.24, 2.45) is 0 Å². The molecule has 7 heteroatoms. The largest absolute Gasteiger partial charge is 0.452 e. The van der Waals surface area contributed by atoms with Crippen LogP contribution in [0.25, 0.3) is 11.5 Å². The van der Waals surface area contributed by atoms with Gasteiger partial charge in [0.05, 0.1) is 5.56 Å². The Kier molecular flexibility index (Phi) is 5.81. The Hall–Kier alpha value is -3.58. The highest BCUT2D eigenvalue weighted by atomic mass is 79.9. The molecule has 0 bridgehead atoms. The number of benzene rings is 3. The van der Waals surface area contributed by atoms with E-state index in [2.05, 4.69) is 26.1 Å². The van der Waals surface area contributed by atoms with E-state index in [1.165, 1.54) is 0 Å². The predicted octanol–water partition coefficient (Wildman–Crippen LogP) is 5.09. The van der Waals surface area contributed by atoms with Crippen molar-refractivity contribution in [1.82, 2.24) is 10.2 Å². The standard InChI is InChI=1S/C23H15BrN2O4/c24-19-12-10-17(11-13-19)22-26-25-20(30-22)14-29-23(28)18-8-6-16(7-9-18)21(27)15-4-2-1-3-5-15/h1-13H,14H2. The Balaban J connectivity index is 1.37. The molecule has 1 aromatic heterocycles. The van der Waals surface area contributed by atoms with Crippen LogP contribution in [0.15, 0.2) is 87.8 Å². The fourth-order valence-electron chi connectivity index (χ4n) is 2.75. The summed E-state index contributed by atoms with van der Waals surface area (Å²) in [6.07, 6.45) is 0. The molecule has 0 N–H and O–H groups in total. The van der Waals surface area contributed by atoms with Crippen LogP contribution in [-0.4, -0.2) is 21.9 Å². The van der Waals surface area contributed by atoms with Crippen LogP contribution in [0.5, 0.6) is 0 Å². The van der Waals surface area contributed by atoms with E-state index in [-0.39, 0.29) is 18.3 Å². The Labute approximate surface area is 180 Å². The fraction of sp³-hybridized carbons (Fsp3) is 0.0435. The number of nitrogens with zero attached hydrogens (tertiary/aromatic N) is 2. The minimum Gasteiger partial charge on any atom is -0.452 e. The molecule has 4 rings (SSSR count). The van der Waals surface area contributed by atoms with Gasteiger partial charge in [-0.3, -0.25) is 4.79 Å². The zero-order valence-electron chi connectivity index (χ0n) is 15.6. The molecule has 0 atom stereocenters. The van der Waals surface area contributed by atoms with Gasteiger partial charge >= 0.3 is 5.97 Å². The second-order valence-corrected chi connectivity index (χ2v) is 7.27. The summed E-state index contributed by atoms with van der Waals surface area (Å²) in [5, 5.41) is 7.87. The summed E-state index contributed by atoms with van der Waals surface area (Å²) in [6, 6.07) is 22.7. The molecule has 0 aliphatic carbocycles. The first-order valence-corrected chi connectivity index (χ1v) is 9.85. The van der Waals surface area contributed by atoms with Crippen molar-refractivity contribution in [2.75, 3.05) is 0 Å². The van der Waals surface area contributed by atoms with E-state index >= 15 is 0 Å². The van der Waals surface area contributed by atoms with Crippen LogP contribution in [-0.2, 0) is 11.3 Å². The van der Waals surface area contributed by atoms with Crippen LogP contribution in [0.2, 0.25) is 0 Å². The molecule has 0 saturated heterocycles. The average Bonchev–Trinajstić information content (AvgIpc) is 3.27. The first kappa shape index (κ1) is 19.7. The predicted molar refractivity (Wildman–Crippen MR) is 113 cm³/mol. The molecule has 0 saturated carbocycles. The third-order valence-electron chi connectivity index (χ3n) is 4.30. The van der Waals surface area contributed by atoms with Crippen LogP contribution in [0.4, 0.5) is 0 Å². The maximum Gasteiger partial charge on any atom is 0.338 e. The lowest BCUT2D eigenvalue weighted by Crippen LogP contribution is -2.07. The van der Waals surface area contributed by atoms with Gasteiger partial charge in [0.25, 0.3) is 5.89 Å². The van der Waals surface area contributed by atoms with Crippen LogP contribution in [0, 0.1) is 0 Å². The first-order valence-electron chi connectivity index (χ1n) is 9.05. The molecule has 3 aromatic carbocycles. The smallest absolute Gasteiger partial charge is 0.338 e. The SMILES string of the molecule is O=C(OCc1nnc(-c2ccc(Br)cc2)o1)c1ccc(C(=O)c2ccccc2)cc1. The molecule has 0 unspecified atom stereocenters. The summed E-state index contributed by atoms with van der Waals surface area (Å²) in [5.74, 6) is -0.117. The number of rotatable bonds is 6. The summed E-state index contributed by atoms with van der Waals surface area (Å²) in [4.78, 5) is 24.7. The number of carbonyl (C=O) groups excluding carboxylic acids is 2. The Morgan fingerprint density at radius 3 is 2.13 bits per heavy atom. The lowest BCUT2D eigenvalue weighted by molar-refractivity contribution is 0.0438. The molecule has 148 valence electrons. The van der Waals surface area contributed by atoms with Gasteiger partial charge in [-0.1, -0.05) is 58.4 Å². The molecule has 0 radical (unpaired) electrons. The van der Waals surface area contributed by atoms with E-state index in [1.54, 1.807) is 48.5 Å². The van der Waals surface area contributed by atoms with Crippen molar-refractivity contribution < 1.29 is 18.7 Å². The van der Waals surface area contributed by atoms with Gasteiger partial charge in [-0.05, 0) is 36.4 Å². The summed E-state index contributed by atoms with van der Waals surface area (Å²) in [7, 11) is 0. The second kappa shape index (κ2) is 8.84. The van der Waals surface area contributed by atoms with Gasteiger partial charge < -0.3 is 9.15 Å². The normalized spacial score (nSPS) is 10.6. The van der Waals surface area contributed by atoms with Gasteiger partial charge in [0, 0.05) is 21.2 Å². The van der Waals surface area contributed by atoms with Crippen molar-refractivity contribution in [1.29, 1.82) is 0 Å². The van der Waals surface area contributed by atoms with E-state index in [9.17, 15) is 9.59 Å². The van der Waals surface area contributed by atoms with Crippen molar-refractivity contribution in [3.63, 3.8) is 0 Å². The molecule has 0 aliphatic rings. The van der Waals surface area contributed by atoms with Gasteiger partial charge in [0.15, 0.2) is 12.4 Å². The Morgan fingerprint density at radius 2 is 1.43 bits per heavy atom. The van der Waals surface area contributed by atoms with E-state index in [4.69, 9.17) is 9.15 Å². The number of aromatic nitrogens is 2. The van der Waals surface area contributed by atoms with Crippen LogP contribution in [0.1, 0.15) is 32.2 Å². The molecule has 0 aliphatic heterocycles. The van der Waals surface area contributed by atoms with Gasteiger partial charge in [0.1, 0.15) is 0 Å². The van der Waals surface area contributed by atoms with E-state index in [0.29, 0.717) is 22.6 Å². The molecule has 0 amide bonds. The van der Waals surface area contributed by atoms with Crippen molar-refractivity contribution in [2.45, 2.75) is 6.61 Å². The van der Waals surface area contributed by atoms with Gasteiger partial charge in [-0.15, -0.1) is 10.2 Å². The number of hydrogen-bond donors (Lipinski definition) is 0. The molecule has 0 spiro atoms. The van der Waals surface area contributed by atoms with Crippen LogP contribution >= 0.6 is 15.9 Å². The second-order valence-electron chi connectivity index (χ2n) is 6.36. The summed E-state index contributed by atoms with van der Waals surface area (Å²) in [5.41, 5.74) is 2.17. The lowest BCUT2D eigenvalue weighted by atomic mass is 10.0. The van der Waals surface area contributed by atoms with E-state index < -0.39 is 5.97 Å². The zero-order chi connectivity index (χ0) is 20.9. The number of hydrogen-bond acceptors (Lipinski definition) is 6. The van der Waals surface area contributed by atoms with Gasteiger partial charge in [-0.2, -0.15) is 0 Å². The van der Waals surface area contributed by atoms with Crippen molar-refractivity contribution >= 4 is 27.7 Å². The summed E-state index contributed by atoms with van der Waals surface area (Å²) in [6.45, 7) is -0.146. The molecular weight excluding hydrogens is 448 g/mol. The minimum atomic E-state index is -0.544. The molecule has 0 fully saturated rings. The number of ketones is 1.